The molecule has 5 rings (SSSR count). The van der Waals surface area contributed by atoms with E-state index in [4.69, 9.17) is 4.98 Å². The van der Waals surface area contributed by atoms with Crippen molar-refractivity contribution in [1.82, 2.24) is 19.8 Å². The molecule has 2 aliphatic rings. The molecule has 1 aromatic heterocycles. The van der Waals surface area contributed by atoms with E-state index in [1.165, 1.54) is 44.1 Å². The predicted octanol–water partition coefficient (Wildman–Crippen LogP) is 6.81. The average Bonchev–Trinajstić information content (AvgIpc) is 3.35. The van der Waals surface area contributed by atoms with Crippen LogP contribution in [0.4, 0.5) is 0 Å². The van der Waals surface area contributed by atoms with Gasteiger partial charge in [-0.15, -0.1) is 0 Å². The van der Waals surface area contributed by atoms with E-state index in [0.717, 1.165) is 74.8 Å². The van der Waals surface area contributed by atoms with Crippen LogP contribution in [-0.4, -0.2) is 38.9 Å². The van der Waals surface area contributed by atoms with Crippen molar-refractivity contribution in [2.24, 2.45) is 5.92 Å². The number of imidazole rings is 1. The van der Waals surface area contributed by atoms with Gasteiger partial charge in [0.1, 0.15) is 12.4 Å². The molecule has 0 bridgehead atoms. The maximum Gasteiger partial charge on any atom is 0.243 e. The van der Waals surface area contributed by atoms with Crippen LogP contribution in [0.25, 0.3) is 11.0 Å². The molecule has 2 amide bonds. The number of nitrogens with zero attached hydrogens (tertiary/aromatic N) is 3. The first-order chi connectivity index (χ1) is 19.7. The largest absolute Gasteiger partial charge is 0.356 e. The van der Waals surface area contributed by atoms with Gasteiger partial charge < -0.3 is 14.8 Å². The number of aryl methyl sites for hydroxylation is 1. The summed E-state index contributed by atoms with van der Waals surface area (Å²) in [5.74, 6) is 1.65. The van der Waals surface area contributed by atoms with Gasteiger partial charge in [0, 0.05) is 31.5 Å². The van der Waals surface area contributed by atoms with E-state index in [0.29, 0.717) is 19.1 Å². The van der Waals surface area contributed by atoms with Crippen LogP contribution in [-0.2, 0) is 29.1 Å². The summed E-state index contributed by atoms with van der Waals surface area (Å²) in [7, 11) is 0. The maximum atomic E-state index is 14.0. The topological polar surface area (TPSA) is 67.2 Å². The number of benzene rings is 2. The van der Waals surface area contributed by atoms with Crippen molar-refractivity contribution >= 4 is 22.8 Å². The summed E-state index contributed by atoms with van der Waals surface area (Å²) in [6, 6.07) is 18.9. The first-order valence-corrected chi connectivity index (χ1v) is 15.7. The van der Waals surface area contributed by atoms with E-state index in [1.54, 1.807) is 0 Å². The summed E-state index contributed by atoms with van der Waals surface area (Å²) in [5, 5.41) is 3.16. The zero-order valence-electron chi connectivity index (χ0n) is 24.0. The Hall–Kier alpha value is -3.15. The number of fused-ring (bicyclic) bond motifs is 1. The number of hydrogen-bond donors (Lipinski definition) is 1. The molecule has 2 aliphatic carbocycles. The standard InChI is InChI=1S/C34H46N4O2/c39-33(37(29-19-9-3-10-20-29)25-27-15-5-1-6-16-27)26-38-31-22-13-12-21-30(31)36-32(38)23-11-4-14-24-35-34(40)28-17-7-2-8-18-28/h1,5-6,12-13,15-16,21-22,28-29H,2-4,7-11,14,17-20,23-26H2,(H,35,40). The number of rotatable bonds is 12. The SMILES string of the molecule is O=C(NCCCCCc1nc2ccccc2n1CC(=O)N(Cc1ccccc1)C1CCCCC1)C1CCCCC1. The highest BCUT2D eigenvalue weighted by Gasteiger charge is 2.27. The Balaban J connectivity index is 1.21. The summed E-state index contributed by atoms with van der Waals surface area (Å²) in [4.78, 5) is 33.5. The van der Waals surface area contributed by atoms with Crippen molar-refractivity contribution in [1.29, 1.82) is 0 Å². The Morgan fingerprint density at radius 2 is 1.52 bits per heavy atom. The lowest BCUT2D eigenvalue weighted by atomic mass is 9.89. The van der Waals surface area contributed by atoms with E-state index in [-0.39, 0.29) is 17.7 Å². The Labute approximate surface area is 239 Å². The van der Waals surface area contributed by atoms with Crippen LogP contribution in [0.1, 0.15) is 94.9 Å². The molecule has 0 unspecified atom stereocenters. The third-order valence-electron chi connectivity index (χ3n) is 8.91. The Kier molecular flexibility index (Phi) is 10.3. The molecule has 0 radical (unpaired) electrons. The lowest BCUT2D eigenvalue weighted by Gasteiger charge is -2.35. The number of amides is 2. The summed E-state index contributed by atoms with van der Waals surface area (Å²) < 4.78 is 2.16. The molecule has 2 fully saturated rings. The molecule has 2 saturated carbocycles. The quantitative estimate of drug-likeness (QED) is 0.256. The second-order valence-electron chi connectivity index (χ2n) is 11.8. The van der Waals surface area contributed by atoms with Crippen LogP contribution in [0.2, 0.25) is 0 Å². The highest BCUT2D eigenvalue weighted by Crippen LogP contribution is 2.26. The number of aromatic nitrogens is 2. The van der Waals surface area contributed by atoms with Gasteiger partial charge in [0.15, 0.2) is 0 Å². The number of unbranched alkanes of at least 4 members (excludes halogenated alkanes) is 2. The van der Waals surface area contributed by atoms with Crippen molar-refractivity contribution in [2.75, 3.05) is 6.54 Å². The first kappa shape index (κ1) is 28.4. The minimum Gasteiger partial charge on any atom is -0.356 e. The number of hydrogen-bond acceptors (Lipinski definition) is 3. The molecule has 0 spiro atoms. The number of nitrogens with one attached hydrogen (secondary N) is 1. The van der Waals surface area contributed by atoms with Crippen molar-refractivity contribution in [3.8, 4) is 0 Å². The van der Waals surface area contributed by atoms with Crippen LogP contribution in [0.5, 0.6) is 0 Å². The third kappa shape index (κ3) is 7.52. The zero-order valence-corrected chi connectivity index (χ0v) is 24.0. The summed E-state index contributed by atoms with van der Waals surface area (Å²) in [5.41, 5.74) is 3.18. The highest BCUT2D eigenvalue weighted by atomic mass is 16.2. The Morgan fingerprint density at radius 1 is 0.825 bits per heavy atom. The lowest BCUT2D eigenvalue weighted by molar-refractivity contribution is -0.135. The van der Waals surface area contributed by atoms with Crippen molar-refractivity contribution in [2.45, 2.75) is 109 Å². The molecule has 6 nitrogen and oxygen atoms in total. The van der Waals surface area contributed by atoms with Gasteiger partial charge in [-0.1, -0.05) is 87.4 Å². The van der Waals surface area contributed by atoms with E-state index in [1.807, 2.05) is 24.3 Å². The Bertz CT molecular complexity index is 1230. The third-order valence-corrected chi connectivity index (χ3v) is 8.91. The fourth-order valence-corrected chi connectivity index (χ4v) is 6.62. The van der Waals surface area contributed by atoms with Gasteiger partial charge in [0.25, 0.3) is 0 Å². The van der Waals surface area contributed by atoms with Gasteiger partial charge in [0.05, 0.1) is 11.0 Å². The van der Waals surface area contributed by atoms with Crippen molar-refractivity contribution in [3.63, 3.8) is 0 Å². The summed E-state index contributed by atoms with van der Waals surface area (Å²) in [6.07, 6.45) is 15.4. The first-order valence-electron chi connectivity index (χ1n) is 15.7. The summed E-state index contributed by atoms with van der Waals surface area (Å²) in [6.45, 7) is 1.75. The summed E-state index contributed by atoms with van der Waals surface area (Å²) >= 11 is 0. The highest BCUT2D eigenvalue weighted by molar-refractivity contribution is 5.81. The van der Waals surface area contributed by atoms with Crippen LogP contribution >= 0.6 is 0 Å². The van der Waals surface area contributed by atoms with E-state index < -0.39 is 0 Å². The van der Waals surface area contributed by atoms with Crippen molar-refractivity contribution in [3.05, 3.63) is 66.0 Å². The van der Waals surface area contributed by atoms with Crippen LogP contribution in [0.15, 0.2) is 54.6 Å². The molecule has 0 aliphatic heterocycles. The minimum atomic E-state index is 0.186. The fraction of sp³-hybridized carbons (Fsp3) is 0.559. The Morgan fingerprint density at radius 3 is 2.30 bits per heavy atom. The fourth-order valence-electron chi connectivity index (χ4n) is 6.62. The second kappa shape index (κ2) is 14.5. The minimum absolute atomic E-state index is 0.186. The van der Waals surface area contributed by atoms with Gasteiger partial charge in [-0.2, -0.15) is 0 Å². The smallest absolute Gasteiger partial charge is 0.243 e. The predicted molar refractivity (Wildman–Crippen MR) is 161 cm³/mol. The van der Waals surface area contributed by atoms with Gasteiger partial charge in [-0.25, -0.2) is 4.98 Å². The van der Waals surface area contributed by atoms with E-state index >= 15 is 0 Å². The molecule has 2 aromatic carbocycles. The van der Waals surface area contributed by atoms with E-state index in [9.17, 15) is 9.59 Å². The van der Waals surface area contributed by atoms with Gasteiger partial charge in [0.2, 0.25) is 11.8 Å². The molecule has 40 heavy (non-hydrogen) atoms. The molecular formula is C34H46N4O2. The molecule has 6 heteroatoms. The molecule has 0 atom stereocenters. The van der Waals surface area contributed by atoms with Gasteiger partial charge >= 0.3 is 0 Å². The molecule has 1 N–H and O–H groups in total. The van der Waals surface area contributed by atoms with E-state index in [2.05, 4.69) is 45.1 Å². The van der Waals surface area contributed by atoms with Gasteiger partial charge in [-0.05, 0) is 56.2 Å². The molecule has 1 heterocycles. The normalized spacial score (nSPS) is 16.7. The monoisotopic (exact) mass is 542 g/mol. The molecule has 0 saturated heterocycles. The van der Waals surface area contributed by atoms with Gasteiger partial charge in [-0.3, -0.25) is 9.59 Å². The zero-order chi connectivity index (χ0) is 27.6. The number of para-hydroxylation sites is 2. The average molecular weight is 543 g/mol. The van der Waals surface area contributed by atoms with Crippen molar-refractivity contribution < 1.29 is 9.59 Å². The molecule has 3 aromatic rings. The molecule has 214 valence electrons. The van der Waals surface area contributed by atoms with Crippen LogP contribution < -0.4 is 5.32 Å². The van der Waals surface area contributed by atoms with Crippen LogP contribution in [0.3, 0.4) is 0 Å². The number of carbonyl (C=O) groups excluding carboxylic acids is 2. The number of carbonyl (C=O) groups is 2. The lowest BCUT2D eigenvalue weighted by Crippen LogP contribution is -2.42. The van der Waals surface area contributed by atoms with Crippen LogP contribution in [0, 0.1) is 5.92 Å². The maximum absolute atomic E-state index is 14.0. The molecular weight excluding hydrogens is 496 g/mol. The second-order valence-corrected chi connectivity index (χ2v) is 11.8.